The number of rotatable bonds is 3. The molecule has 0 atom stereocenters. The number of alkyl halides is 6. The Morgan fingerprint density at radius 3 is 1.96 bits per heavy atom. The quantitative estimate of drug-likeness (QED) is 0.694. The van der Waals surface area contributed by atoms with Crippen LogP contribution < -0.4 is 0 Å². The van der Waals surface area contributed by atoms with Crippen molar-refractivity contribution in [3.8, 4) is 0 Å². The van der Waals surface area contributed by atoms with Crippen molar-refractivity contribution in [1.82, 2.24) is 4.90 Å². The predicted molar refractivity (Wildman–Crippen MR) is 84.7 cm³/mol. The highest BCUT2D eigenvalue weighted by molar-refractivity contribution is 6.03. The molecule has 2 nitrogen and oxygen atoms in total. The predicted octanol–water partition coefficient (Wildman–Crippen LogP) is 4.99. The lowest BCUT2D eigenvalue weighted by Gasteiger charge is -2.16. The monoisotopic (exact) mass is 372 g/mol. The Hall–Kier alpha value is -2.35. The molecule has 1 aliphatic rings. The number of hydrogen-bond acceptors (Lipinski definition) is 2. The maximum absolute atomic E-state index is 13.0. The van der Waals surface area contributed by atoms with Gasteiger partial charge >= 0.3 is 12.4 Å². The standard InChI is InChI=1S/C18H14F6N2/c19-17(20,21)14-6-13(7-15(8-14)18(22,23)24)16-10-26(11-25-16)9-12-4-2-1-3-5-12/h1-8H,9-11H2. The van der Waals surface area contributed by atoms with Gasteiger partial charge in [0.1, 0.15) is 0 Å². The summed E-state index contributed by atoms with van der Waals surface area (Å²) in [5.74, 6) is 0. The van der Waals surface area contributed by atoms with Gasteiger partial charge in [-0.3, -0.25) is 9.89 Å². The van der Waals surface area contributed by atoms with E-state index in [9.17, 15) is 26.3 Å². The van der Waals surface area contributed by atoms with Crippen molar-refractivity contribution < 1.29 is 26.3 Å². The number of hydrogen-bond donors (Lipinski definition) is 0. The molecule has 0 saturated heterocycles. The summed E-state index contributed by atoms with van der Waals surface area (Å²) >= 11 is 0. The molecular weight excluding hydrogens is 358 g/mol. The van der Waals surface area contributed by atoms with Gasteiger partial charge in [-0.05, 0) is 29.3 Å². The summed E-state index contributed by atoms with van der Waals surface area (Å²) in [7, 11) is 0. The minimum atomic E-state index is -4.86. The molecule has 2 aromatic carbocycles. The lowest BCUT2D eigenvalue weighted by atomic mass is 10.0. The second kappa shape index (κ2) is 6.75. The molecule has 2 aromatic rings. The van der Waals surface area contributed by atoms with Crippen molar-refractivity contribution in [2.75, 3.05) is 13.2 Å². The Balaban J connectivity index is 1.85. The molecule has 0 N–H and O–H groups in total. The first-order chi connectivity index (χ1) is 12.1. The first-order valence-corrected chi connectivity index (χ1v) is 7.72. The van der Waals surface area contributed by atoms with E-state index in [0.717, 1.165) is 17.7 Å². The van der Waals surface area contributed by atoms with Crippen LogP contribution >= 0.6 is 0 Å². The van der Waals surface area contributed by atoms with Crippen molar-refractivity contribution in [2.24, 2.45) is 4.99 Å². The minimum absolute atomic E-state index is 0.126. The van der Waals surface area contributed by atoms with Gasteiger partial charge in [0.15, 0.2) is 0 Å². The summed E-state index contributed by atoms with van der Waals surface area (Å²) in [5, 5.41) is 0. The Labute approximate surface area is 145 Å². The van der Waals surface area contributed by atoms with E-state index in [1.165, 1.54) is 0 Å². The lowest BCUT2D eigenvalue weighted by Crippen LogP contribution is -2.23. The third-order valence-corrected chi connectivity index (χ3v) is 4.00. The van der Waals surface area contributed by atoms with Crippen LogP contribution in [0.25, 0.3) is 0 Å². The molecule has 26 heavy (non-hydrogen) atoms. The zero-order chi connectivity index (χ0) is 18.9. The number of aliphatic imine (C=N–C) groups is 1. The van der Waals surface area contributed by atoms with E-state index in [4.69, 9.17) is 0 Å². The Morgan fingerprint density at radius 1 is 0.846 bits per heavy atom. The van der Waals surface area contributed by atoms with Crippen LogP contribution in [-0.4, -0.2) is 23.8 Å². The topological polar surface area (TPSA) is 15.6 Å². The van der Waals surface area contributed by atoms with Gasteiger partial charge in [0.2, 0.25) is 0 Å². The largest absolute Gasteiger partial charge is 0.416 e. The highest BCUT2D eigenvalue weighted by Crippen LogP contribution is 2.36. The summed E-state index contributed by atoms with van der Waals surface area (Å²) in [6.45, 7) is 0.925. The van der Waals surface area contributed by atoms with Crippen molar-refractivity contribution in [3.63, 3.8) is 0 Å². The summed E-state index contributed by atoms with van der Waals surface area (Å²) in [6, 6.07) is 10.9. The van der Waals surface area contributed by atoms with Gasteiger partial charge in [0.25, 0.3) is 0 Å². The molecule has 0 aromatic heterocycles. The maximum atomic E-state index is 13.0. The van der Waals surface area contributed by atoms with E-state index >= 15 is 0 Å². The van der Waals surface area contributed by atoms with Crippen LogP contribution in [0.3, 0.4) is 0 Å². The molecule has 1 aliphatic heterocycles. The zero-order valence-corrected chi connectivity index (χ0v) is 13.4. The van der Waals surface area contributed by atoms with Crippen molar-refractivity contribution >= 4 is 5.71 Å². The molecule has 0 unspecified atom stereocenters. The average molecular weight is 372 g/mol. The lowest BCUT2D eigenvalue weighted by molar-refractivity contribution is -0.143. The van der Waals surface area contributed by atoms with Crippen LogP contribution in [0.4, 0.5) is 26.3 Å². The fourth-order valence-electron chi connectivity index (χ4n) is 2.75. The summed E-state index contributed by atoms with van der Waals surface area (Å²) in [4.78, 5) is 5.98. The van der Waals surface area contributed by atoms with Gasteiger partial charge in [-0.1, -0.05) is 30.3 Å². The average Bonchev–Trinajstić information content (AvgIpc) is 3.02. The van der Waals surface area contributed by atoms with E-state index in [1.54, 1.807) is 0 Å². The van der Waals surface area contributed by atoms with Crippen molar-refractivity contribution in [3.05, 3.63) is 70.8 Å². The second-order valence-corrected chi connectivity index (χ2v) is 6.01. The third kappa shape index (κ3) is 4.24. The first-order valence-electron chi connectivity index (χ1n) is 7.72. The van der Waals surface area contributed by atoms with Crippen molar-refractivity contribution in [2.45, 2.75) is 18.9 Å². The molecule has 0 saturated carbocycles. The highest BCUT2D eigenvalue weighted by atomic mass is 19.4. The molecule has 0 bridgehead atoms. The van der Waals surface area contributed by atoms with Gasteiger partial charge in [-0.15, -0.1) is 0 Å². The molecule has 8 heteroatoms. The number of nitrogens with zero attached hydrogens (tertiary/aromatic N) is 2. The van der Waals surface area contributed by atoms with Crippen LogP contribution in [0.15, 0.2) is 53.5 Å². The summed E-state index contributed by atoms with van der Waals surface area (Å²) in [6.07, 6.45) is -9.72. The molecule has 0 amide bonds. The minimum Gasteiger partial charge on any atom is -0.274 e. The van der Waals surface area contributed by atoms with Crippen LogP contribution in [0.2, 0.25) is 0 Å². The fourth-order valence-corrected chi connectivity index (χ4v) is 2.75. The Bertz CT molecular complexity index is 776. The number of halogens is 6. The molecule has 0 fully saturated rings. The molecule has 138 valence electrons. The summed E-state index contributed by atoms with van der Waals surface area (Å²) < 4.78 is 77.8. The van der Waals surface area contributed by atoms with Gasteiger partial charge in [0, 0.05) is 13.1 Å². The molecule has 0 radical (unpaired) electrons. The van der Waals surface area contributed by atoms with Crippen LogP contribution in [0, 0.1) is 0 Å². The van der Waals surface area contributed by atoms with E-state index in [0.29, 0.717) is 6.54 Å². The molecule has 3 rings (SSSR count). The molecular formula is C18H14F6N2. The van der Waals surface area contributed by atoms with Crippen LogP contribution in [-0.2, 0) is 18.9 Å². The Kier molecular flexibility index (Phi) is 4.79. The van der Waals surface area contributed by atoms with Crippen molar-refractivity contribution in [1.29, 1.82) is 0 Å². The smallest absolute Gasteiger partial charge is 0.274 e. The summed E-state index contributed by atoms with van der Waals surface area (Å²) in [5.41, 5.74) is -1.60. The fraction of sp³-hybridized carbons (Fsp3) is 0.278. The molecule has 0 aliphatic carbocycles. The first kappa shape index (κ1) is 18.4. The van der Waals surface area contributed by atoms with Gasteiger partial charge in [0.05, 0.1) is 23.5 Å². The highest BCUT2D eigenvalue weighted by Gasteiger charge is 2.37. The van der Waals surface area contributed by atoms with Gasteiger partial charge in [-0.25, -0.2) is 0 Å². The molecule has 1 heterocycles. The Morgan fingerprint density at radius 2 is 1.42 bits per heavy atom. The van der Waals surface area contributed by atoms with E-state index in [2.05, 4.69) is 4.99 Å². The van der Waals surface area contributed by atoms with E-state index < -0.39 is 23.5 Å². The van der Waals surface area contributed by atoms with E-state index in [-0.39, 0.29) is 30.6 Å². The SMILES string of the molecule is FC(F)(F)c1cc(C2=NCN(Cc3ccccc3)C2)cc(C(F)(F)F)c1. The van der Waals surface area contributed by atoms with Gasteiger partial charge in [-0.2, -0.15) is 26.3 Å². The second-order valence-electron chi connectivity index (χ2n) is 6.01. The van der Waals surface area contributed by atoms with Crippen LogP contribution in [0.1, 0.15) is 22.3 Å². The molecule has 0 spiro atoms. The maximum Gasteiger partial charge on any atom is 0.416 e. The zero-order valence-electron chi connectivity index (χ0n) is 13.4. The van der Waals surface area contributed by atoms with E-state index in [1.807, 2.05) is 35.2 Å². The number of benzene rings is 2. The van der Waals surface area contributed by atoms with Gasteiger partial charge < -0.3 is 0 Å². The normalized spacial score (nSPS) is 16.0. The van der Waals surface area contributed by atoms with Crippen LogP contribution in [0.5, 0.6) is 0 Å². The third-order valence-electron chi connectivity index (χ3n) is 4.00.